The molecule has 0 saturated carbocycles. The minimum atomic E-state index is 0.347. The van der Waals surface area contributed by atoms with Gasteiger partial charge >= 0.3 is 0 Å². The van der Waals surface area contributed by atoms with Crippen LogP contribution in [0.5, 0.6) is 0 Å². The molecule has 0 spiro atoms. The average Bonchev–Trinajstić information content (AvgIpc) is 2.63. The van der Waals surface area contributed by atoms with E-state index in [9.17, 15) is 0 Å². The first-order chi connectivity index (χ1) is 7.34. The number of nitrogens with two attached hydrogens (primary N) is 1. The van der Waals surface area contributed by atoms with E-state index in [2.05, 4.69) is 10.3 Å². The van der Waals surface area contributed by atoms with Crippen LogP contribution in [0.2, 0.25) is 0 Å². The van der Waals surface area contributed by atoms with Crippen molar-refractivity contribution in [2.45, 2.75) is 31.3 Å². The molecule has 2 bridgehead atoms. The minimum absolute atomic E-state index is 0.347. The van der Waals surface area contributed by atoms with E-state index in [1.807, 2.05) is 0 Å². The number of nitrogen functional groups attached to an aromatic ring is 1. The Kier molecular flexibility index (Phi) is 2.02. The number of hydrogen-bond acceptors (Lipinski definition) is 5. The number of ether oxygens (including phenoxy) is 1. The van der Waals surface area contributed by atoms with Crippen molar-refractivity contribution in [2.24, 2.45) is 0 Å². The fourth-order valence-electron chi connectivity index (χ4n) is 2.50. The van der Waals surface area contributed by atoms with Crippen molar-refractivity contribution < 1.29 is 14.1 Å². The SMILES string of the molecule is Nc1c[n+](N2C3CCCC2COC3)no1. The normalized spacial score (nSPS) is 30.5. The van der Waals surface area contributed by atoms with Gasteiger partial charge in [-0.1, -0.05) is 0 Å². The molecular formula is C9H15N4O2+. The standard InChI is InChI=1S/C9H15N4O2/c10-9-4-12(11-15-9)13-7-2-1-3-8(13)6-14-5-7/h4,7-8H,1-3,5-6,10H2/q+1. The predicted molar refractivity (Wildman–Crippen MR) is 51.6 cm³/mol. The molecule has 6 heteroatoms. The highest BCUT2D eigenvalue weighted by Crippen LogP contribution is 2.23. The van der Waals surface area contributed by atoms with Crippen LogP contribution >= 0.6 is 0 Å². The van der Waals surface area contributed by atoms with Crippen molar-refractivity contribution in [3.63, 3.8) is 0 Å². The molecule has 0 aromatic carbocycles. The van der Waals surface area contributed by atoms with Crippen molar-refractivity contribution in [3.8, 4) is 0 Å². The van der Waals surface area contributed by atoms with Crippen LogP contribution in [-0.2, 0) is 4.74 Å². The van der Waals surface area contributed by atoms with Crippen LogP contribution in [0.15, 0.2) is 10.7 Å². The monoisotopic (exact) mass is 211 g/mol. The van der Waals surface area contributed by atoms with Crippen molar-refractivity contribution >= 4 is 5.88 Å². The summed E-state index contributed by atoms with van der Waals surface area (Å²) in [7, 11) is 0. The second-order valence-electron chi connectivity index (χ2n) is 4.18. The summed E-state index contributed by atoms with van der Waals surface area (Å²) in [4.78, 5) is 1.73. The van der Waals surface area contributed by atoms with E-state index in [4.69, 9.17) is 15.0 Å². The zero-order valence-corrected chi connectivity index (χ0v) is 8.50. The molecule has 2 atom stereocenters. The number of nitrogens with zero attached hydrogens (tertiary/aromatic N) is 3. The molecule has 2 aliphatic heterocycles. The number of anilines is 1. The molecule has 3 rings (SSSR count). The summed E-state index contributed by atoms with van der Waals surface area (Å²) < 4.78 is 10.4. The summed E-state index contributed by atoms with van der Waals surface area (Å²) in [5, 5.41) is 6.14. The maximum atomic E-state index is 5.55. The smallest absolute Gasteiger partial charge is 0.296 e. The van der Waals surface area contributed by atoms with E-state index in [1.165, 1.54) is 6.42 Å². The van der Waals surface area contributed by atoms with E-state index in [0.717, 1.165) is 26.1 Å². The van der Waals surface area contributed by atoms with Gasteiger partial charge in [-0.15, -0.1) is 5.01 Å². The Morgan fingerprint density at radius 3 is 2.73 bits per heavy atom. The summed E-state index contributed by atoms with van der Waals surface area (Å²) in [5.41, 5.74) is 5.53. The third-order valence-electron chi connectivity index (χ3n) is 3.15. The fourth-order valence-corrected chi connectivity index (χ4v) is 2.50. The largest absolute Gasteiger partial charge is 0.377 e. The maximum absolute atomic E-state index is 5.55. The number of rotatable bonds is 1. The molecule has 15 heavy (non-hydrogen) atoms. The Bertz CT molecular complexity index is 332. The van der Waals surface area contributed by atoms with Crippen molar-refractivity contribution in [1.29, 1.82) is 0 Å². The number of morpholine rings is 1. The highest BCUT2D eigenvalue weighted by atomic mass is 16.5. The Hall–Kier alpha value is -1.30. The van der Waals surface area contributed by atoms with Gasteiger partial charge in [0.05, 0.1) is 18.0 Å². The minimum Gasteiger partial charge on any atom is -0.377 e. The molecule has 2 saturated heterocycles. The second kappa shape index (κ2) is 3.37. The topological polar surface area (TPSA) is 68.4 Å². The quantitative estimate of drug-likeness (QED) is 0.630. The first-order valence-electron chi connectivity index (χ1n) is 5.35. The molecule has 2 N–H and O–H groups in total. The summed E-state index contributed by atoms with van der Waals surface area (Å²) >= 11 is 0. The average molecular weight is 211 g/mol. The predicted octanol–water partition coefficient (Wildman–Crippen LogP) is -0.566. The molecule has 3 heterocycles. The molecular weight excluding hydrogens is 196 g/mol. The van der Waals surface area contributed by atoms with Gasteiger partial charge in [0.25, 0.3) is 12.1 Å². The van der Waals surface area contributed by atoms with Crippen LogP contribution in [0, 0.1) is 0 Å². The van der Waals surface area contributed by atoms with Gasteiger partial charge < -0.3 is 10.5 Å². The Labute approximate surface area is 87.5 Å². The molecule has 0 radical (unpaired) electrons. The molecule has 6 nitrogen and oxygen atoms in total. The van der Waals surface area contributed by atoms with Gasteiger partial charge in [-0.05, 0) is 19.3 Å². The van der Waals surface area contributed by atoms with E-state index in [0.29, 0.717) is 18.0 Å². The van der Waals surface area contributed by atoms with E-state index in [1.54, 1.807) is 11.0 Å². The van der Waals surface area contributed by atoms with Crippen molar-refractivity contribution in [3.05, 3.63) is 6.20 Å². The van der Waals surface area contributed by atoms with Gasteiger partial charge in [-0.25, -0.2) is 0 Å². The van der Waals surface area contributed by atoms with Crippen LogP contribution in [0.25, 0.3) is 0 Å². The van der Waals surface area contributed by atoms with Gasteiger partial charge in [0.1, 0.15) is 12.1 Å². The summed E-state index contributed by atoms with van der Waals surface area (Å²) in [5.74, 6) is 0.347. The van der Waals surface area contributed by atoms with Gasteiger partial charge in [0, 0.05) is 0 Å². The highest BCUT2D eigenvalue weighted by molar-refractivity contribution is 5.12. The summed E-state index contributed by atoms with van der Waals surface area (Å²) in [6.07, 6.45) is 5.28. The molecule has 2 aliphatic rings. The molecule has 1 aromatic rings. The van der Waals surface area contributed by atoms with E-state index >= 15 is 0 Å². The first-order valence-corrected chi connectivity index (χ1v) is 5.35. The lowest BCUT2D eigenvalue weighted by atomic mass is 9.96. The van der Waals surface area contributed by atoms with Crippen LogP contribution < -0.4 is 15.5 Å². The number of hydrogen-bond donors (Lipinski definition) is 1. The number of aromatic nitrogens is 2. The second-order valence-corrected chi connectivity index (χ2v) is 4.18. The fraction of sp³-hybridized carbons (Fsp3) is 0.778. The molecule has 0 amide bonds. The van der Waals surface area contributed by atoms with E-state index in [-0.39, 0.29) is 0 Å². The van der Waals surface area contributed by atoms with Gasteiger partial charge in [-0.2, -0.15) is 0 Å². The van der Waals surface area contributed by atoms with Crippen LogP contribution in [0.1, 0.15) is 19.3 Å². The van der Waals surface area contributed by atoms with Gasteiger partial charge in [0.15, 0.2) is 0 Å². The van der Waals surface area contributed by atoms with Gasteiger partial charge in [0.2, 0.25) is 5.27 Å². The zero-order valence-electron chi connectivity index (χ0n) is 8.50. The van der Waals surface area contributed by atoms with Crippen LogP contribution in [0.3, 0.4) is 0 Å². The summed E-state index contributed by atoms with van der Waals surface area (Å²) in [6.45, 7) is 1.55. The van der Waals surface area contributed by atoms with E-state index < -0.39 is 0 Å². The summed E-state index contributed by atoms with van der Waals surface area (Å²) in [6, 6.07) is 0.819. The Balaban J connectivity index is 1.90. The molecule has 0 aliphatic carbocycles. The lowest BCUT2D eigenvalue weighted by molar-refractivity contribution is -0.768. The first kappa shape index (κ1) is 8.96. The highest BCUT2D eigenvalue weighted by Gasteiger charge is 2.41. The number of fused-ring (bicyclic) bond motifs is 2. The molecule has 82 valence electrons. The van der Waals surface area contributed by atoms with Gasteiger partial charge in [-0.3, -0.25) is 4.52 Å². The lowest BCUT2D eigenvalue weighted by Gasteiger charge is -2.39. The molecule has 2 unspecified atom stereocenters. The third kappa shape index (κ3) is 1.45. The van der Waals surface area contributed by atoms with Crippen LogP contribution in [0.4, 0.5) is 5.88 Å². The molecule has 1 aromatic heterocycles. The van der Waals surface area contributed by atoms with Crippen molar-refractivity contribution in [2.75, 3.05) is 24.0 Å². The maximum Gasteiger partial charge on any atom is 0.296 e. The third-order valence-corrected chi connectivity index (χ3v) is 3.15. The Morgan fingerprint density at radius 1 is 1.40 bits per heavy atom. The zero-order chi connectivity index (χ0) is 10.3. The van der Waals surface area contributed by atoms with Crippen molar-refractivity contribution in [1.82, 2.24) is 5.27 Å². The molecule has 2 fully saturated rings. The Morgan fingerprint density at radius 2 is 2.13 bits per heavy atom. The van der Waals surface area contributed by atoms with Crippen LogP contribution in [-0.4, -0.2) is 30.6 Å². The lowest BCUT2D eigenvalue weighted by Crippen LogP contribution is -2.73. The number of piperidine rings is 1.